The van der Waals surface area contributed by atoms with Crippen LogP contribution in [0.5, 0.6) is 11.5 Å². The molecule has 7 heteroatoms. The number of quaternary nitrogens is 1. The van der Waals surface area contributed by atoms with Crippen LogP contribution in [0.1, 0.15) is 28.8 Å². The number of hydrogen-bond donors (Lipinski definition) is 1. The van der Waals surface area contributed by atoms with Crippen molar-refractivity contribution in [1.29, 1.82) is 0 Å². The summed E-state index contributed by atoms with van der Waals surface area (Å²) in [5.41, 5.74) is 1.80. The molecule has 0 atom stereocenters. The Bertz CT molecular complexity index is 892. The quantitative estimate of drug-likeness (QED) is 0.733. The lowest BCUT2D eigenvalue weighted by Gasteiger charge is -2.32. The molecule has 1 saturated heterocycles. The molecule has 0 spiro atoms. The maximum Gasteiger partial charge on any atom is 0.231 e. The number of benzene rings is 2. The number of nitrogens with one attached hydrogen (secondary N) is 1. The van der Waals surface area contributed by atoms with Gasteiger partial charge in [-0.15, -0.1) is 0 Å². The van der Waals surface area contributed by atoms with Crippen LogP contribution < -0.4 is 14.4 Å². The van der Waals surface area contributed by atoms with Crippen molar-refractivity contribution in [1.82, 2.24) is 4.90 Å². The van der Waals surface area contributed by atoms with Crippen molar-refractivity contribution in [3.05, 3.63) is 58.6 Å². The molecule has 2 aliphatic heterocycles. The largest absolute Gasteiger partial charge is 0.454 e. The number of nitrogens with zero attached hydrogens (tertiary/aromatic N) is 1. The Balaban J connectivity index is 1.22. The first-order valence-electron chi connectivity index (χ1n) is 9.87. The van der Waals surface area contributed by atoms with Crippen LogP contribution in [0.4, 0.5) is 0 Å². The zero-order valence-electron chi connectivity index (χ0n) is 16.2. The molecule has 0 saturated carbocycles. The third kappa shape index (κ3) is 4.89. The van der Waals surface area contributed by atoms with Crippen LogP contribution in [0, 0.1) is 0 Å². The van der Waals surface area contributed by atoms with Crippen molar-refractivity contribution in [2.45, 2.75) is 19.4 Å². The minimum absolute atomic E-state index is 0.0258. The van der Waals surface area contributed by atoms with Gasteiger partial charge in [0.1, 0.15) is 6.54 Å². The highest BCUT2D eigenvalue weighted by Crippen LogP contribution is 2.32. The molecule has 1 amide bonds. The summed E-state index contributed by atoms with van der Waals surface area (Å²) in [4.78, 5) is 28.0. The van der Waals surface area contributed by atoms with E-state index in [2.05, 4.69) is 6.07 Å². The smallest absolute Gasteiger partial charge is 0.231 e. The second-order valence-electron chi connectivity index (χ2n) is 7.43. The van der Waals surface area contributed by atoms with E-state index in [1.807, 2.05) is 17.0 Å². The Morgan fingerprint density at radius 1 is 0.966 bits per heavy atom. The number of halogens is 1. The van der Waals surface area contributed by atoms with Gasteiger partial charge >= 0.3 is 0 Å². The van der Waals surface area contributed by atoms with E-state index in [0.717, 1.165) is 31.1 Å². The fraction of sp³-hybridized carbons (Fsp3) is 0.364. The fourth-order valence-electron chi connectivity index (χ4n) is 3.75. The molecule has 2 heterocycles. The number of rotatable bonds is 6. The third-order valence-electron chi connectivity index (χ3n) is 5.45. The number of fused-ring (bicyclic) bond motifs is 1. The zero-order valence-corrected chi connectivity index (χ0v) is 16.9. The van der Waals surface area contributed by atoms with E-state index < -0.39 is 0 Å². The van der Waals surface area contributed by atoms with Crippen LogP contribution >= 0.6 is 11.6 Å². The maximum atomic E-state index is 12.5. The summed E-state index contributed by atoms with van der Waals surface area (Å²) in [5.74, 6) is 1.63. The molecule has 6 nitrogen and oxygen atoms in total. The Labute approximate surface area is 174 Å². The molecule has 152 valence electrons. The predicted octanol–water partition coefficient (Wildman–Crippen LogP) is 1.96. The highest BCUT2D eigenvalue weighted by molar-refractivity contribution is 6.30. The van der Waals surface area contributed by atoms with E-state index in [1.165, 1.54) is 10.5 Å². The fourth-order valence-corrected chi connectivity index (χ4v) is 3.87. The average molecular weight is 416 g/mol. The molecule has 29 heavy (non-hydrogen) atoms. The molecule has 0 radical (unpaired) electrons. The van der Waals surface area contributed by atoms with Gasteiger partial charge in [-0.2, -0.15) is 0 Å². The molecule has 4 rings (SSSR count). The van der Waals surface area contributed by atoms with E-state index >= 15 is 0 Å². The van der Waals surface area contributed by atoms with Gasteiger partial charge in [-0.1, -0.05) is 11.6 Å². The molecule has 0 unspecified atom stereocenters. The van der Waals surface area contributed by atoms with Crippen LogP contribution in [-0.4, -0.2) is 49.6 Å². The number of Topliss-reactive ketones (excluding diaryl/α,β-unsaturated/α-hetero) is 1. The van der Waals surface area contributed by atoms with E-state index in [0.29, 0.717) is 23.7 Å². The summed E-state index contributed by atoms with van der Waals surface area (Å²) in [5, 5.41) is 0.596. The summed E-state index contributed by atoms with van der Waals surface area (Å²) >= 11 is 5.85. The predicted molar refractivity (Wildman–Crippen MR) is 109 cm³/mol. The highest BCUT2D eigenvalue weighted by atomic mass is 35.5. The summed E-state index contributed by atoms with van der Waals surface area (Å²) in [6.07, 6.45) is 0.476. The van der Waals surface area contributed by atoms with Crippen molar-refractivity contribution in [3.8, 4) is 11.5 Å². The summed E-state index contributed by atoms with van der Waals surface area (Å²) in [7, 11) is 0. The number of amides is 1. The van der Waals surface area contributed by atoms with Gasteiger partial charge in [-0.3, -0.25) is 9.59 Å². The molecule has 1 N–H and O–H groups in total. The zero-order chi connectivity index (χ0) is 20.2. The lowest BCUT2D eigenvalue weighted by Crippen LogP contribution is -3.13. The summed E-state index contributed by atoms with van der Waals surface area (Å²) < 4.78 is 10.8. The number of ketones is 1. The molecule has 0 bridgehead atoms. The molecular weight excluding hydrogens is 392 g/mol. The molecule has 2 aromatic rings. The van der Waals surface area contributed by atoms with Gasteiger partial charge in [0.25, 0.3) is 0 Å². The Morgan fingerprint density at radius 3 is 2.45 bits per heavy atom. The van der Waals surface area contributed by atoms with Crippen molar-refractivity contribution < 1.29 is 24.0 Å². The van der Waals surface area contributed by atoms with Crippen LogP contribution in [-0.2, 0) is 11.3 Å². The molecule has 0 aliphatic carbocycles. The van der Waals surface area contributed by atoms with Gasteiger partial charge in [-0.25, -0.2) is 0 Å². The number of hydrogen-bond acceptors (Lipinski definition) is 4. The van der Waals surface area contributed by atoms with E-state index in [4.69, 9.17) is 21.1 Å². The Hall–Kier alpha value is -2.57. The van der Waals surface area contributed by atoms with E-state index in [1.54, 1.807) is 24.3 Å². The normalized spacial score (nSPS) is 16.1. The highest BCUT2D eigenvalue weighted by Gasteiger charge is 2.25. The topological polar surface area (TPSA) is 60.3 Å². The molecule has 2 aliphatic rings. The standard InChI is InChI=1S/C22H23ClN2O4/c23-18-4-2-17(3-5-18)19(26)6-8-22(27)25-11-9-24(10-12-25)14-16-1-7-20-21(13-16)29-15-28-20/h1-5,7,13H,6,8-12,14-15H2/p+1. The van der Waals surface area contributed by atoms with Crippen molar-refractivity contribution in [2.24, 2.45) is 0 Å². The minimum atomic E-state index is -0.0258. The summed E-state index contributed by atoms with van der Waals surface area (Å²) in [6.45, 7) is 4.40. The van der Waals surface area contributed by atoms with Crippen LogP contribution in [0.2, 0.25) is 5.02 Å². The number of piperazine rings is 1. The monoisotopic (exact) mass is 415 g/mol. The van der Waals surface area contributed by atoms with Gasteiger partial charge in [0.2, 0.25) is 12.7 Å². The van der Waals surface area contributed by atoms with Crippen LogP contribution in [0.3, 0.4) is 0 Å². The van der Waals surface area contributed by atoms with Crippen LogP contribution in [0.25, 0.3) is 0 Å². The number of carbonyl (C=O) groups is 2. The van der Waals surface area contributed by atoms with Crippen molar-refractivity contribution >= 4 is 23.3 Å². The molecule has 1 fully saturated rings. The van der Waals surface area contributed by atoms with Crippen molar-refractivity contribution in [3.63, 3.8) is 0 Å². The second kappa shape index (κ2) is 8.84. The number of carbonyl (C=O) groups excluding carboxylic acids is 2. The molecule has 2 aromatic carbocycles. The lowest BCUT2D eigenvalue weighted by atomic mass is 10.1. The SMILES string of the molecule is O=C(CCC(=O)N1CC[NH+](Cc2ccc3c(c2)OCO3)CC1)c1ccc(Cl)cc1. The van der Waals surface area contributed by atoms with Gasteiger partial charge in [0.15, 0.2) is 17.3 Å². The maximum absolute atomic E-state index is 12.5. The van der Waals surface area contributed by atoms with Gasteiger partial charge in [0.05, 0.1) is 26.2 Å². The average Bonchev–Trinajstić information content (AvgIpc) is 3.21. The third-order valence-corrected chi connectivity index (χ3v) is 5.70. The summed E-state index contributed by atoms with van der Waals surface area (Å²) in [6, 6.07) is 12.8. The molecule has 0 aromatic heterocycles. The first kappa shape index (κ1) is 19.7. The first-order valence-corrected chi connectivity index (χ1v) is 10.2. The lowest BCUT2D eigenvalue weighted by molar-refractivity contribution is -0.917. The van der Waals surface area contributed by atoms with Gasteiger partial charge in [-0.05, 0) is 42.5 Å². The number of ether oxygens (including phenoxy) is 2. The van der Waals surface area contributed by atoms with Gasteiger partial charge < -0.3 is 19.3 Å². The first-order chi connectivity index (χ1) is 14.1. The van der Waals surface area contributed by atoms with Crippen molar-refractivity contribution in [2.75, 3.05) is 33.0 Å². The molecular formula is C22H24ClN2O4+. The minimum Gasteiger partial charge on any atom is -0.454 e. The van der Waals surface area contributed by atoms with Gasteiger partial charge in [0, 0.05) is 29.0 Å². The van der Waals surface area contributed by atoms with E-state index in [9.17, 15) is 9.59 Å². The van der Waals surface area contributed by atoms with Crippen LogP contribution in [0.15, 0.2) is 42.5 Å². The Kier molecular flexibility index (Phi) is 6.02. The second-order valence-corrected chi connectivity index (χ2v) is 7.86. The van der Waals surface area contributed by atoms with E-state index in [-0.39, 0.29) is 31.3 Å². The Morgan fingerprint density at radius 2 is 1.69 bits per heavy atom.